The summed E-state index contributed by atoms with van der Waals surface area (Å²) in [6, 6.07) is 11.7. The topological polar surface area (TPSA) is 94.9 Å². The zero-order valence-corrected chi connectivity index (χ0v) is 17.7. The van der Waals surface area contributed by atoms with E-state index in [4.69, 9.17) is 10.2 Å². The molecule has 3 rings (SSSR count). The number of carbonyl (C=O) groups excluding carboxylic acids is 1. The maximum Gasteiger partial charge on any atom is 0.335 e. The van der Waals surface area contributed by atoms with Gasteiger partial charge in [-0.05, 0) is 71.2 Å². The third-order valence-electron chi connectivity index (χ3n) is 6.02. The Morgan fingerprint density at radius 2 is 1.37 bits per heavy atom. The first-order valence-electron chi connectivity index (χ1n) is 9.95. The van der Waals surface area contributed by atoms with Crippen LogP contribution >= 0.6 is 0 Å². The molecule has 6 heteroatoms. The van der Waals surface area contributed by atoms with Gasteiger partial charge in [-0.2, -0.15) is 0 Å². The SMILES string of the molecule is CC1(C)CCC(C)(C)c2cc(N(C(=O)CC(=O)O)c3ccc(C(=O)O)cc3)ccc21. The fraction of sp³-hybridized carbons (Fsp3) is 0.375. The van der Waals surface area contributed by atoms with Crippen LogP contribution in [0, 0.1) is 0 Å². The Kier molecular flexibility index (Phi) is 5.46. The normalized spacial score (nSPS) is 16.4. The number of amides is 1. The number of hydrogen-bond donors (Lipinski definition) is 2. The van der Waals surface area contributed by atoms with Gasteiger partial charge in [-0.25, -0.2) is 4.79 Å². The van der Waals surface area contributed by atoms with Crippen molar-refractivity contribution in [2.24, 2.45) is 0 Å². The maximum atomic E-state index is 12.9. The highest BCUT2D eigenvalue weighted by atomic mass is 16.4. The summed E-state index contributed by atoms with van der Waals surface area (Å²) < 4.78 is 0. The van der Waals surface area contributed by atoms with Crippen LogP contribution in [0.5, 0.6) is 0 Å². The van der Waals surface area contributed by atoms with Gasteiger partial charge in [0.1, 0.15) is 6.42 Å². The van der Waals surface area contributed by atoms with Crippen LogP contribution in [0.3, 0.4) is 0 Å². The standard InChI is InChI=1S/C24H27NO5/c1-23(2)11-12-24(3,4)19-13-17(9-10-18(19)23)25(20(26)14-21(27)28)16-7-5-15(6-8-16)22(29)30/h5-10,13H,11-12,14H2,1-4H3,(H,27,28)(H,29,30). The van der Waals surface area contributed by atoms with E-state index >= 15 is 0 Å². The molecule has 0 saturated carbocycles. The van der Waals surface area contributed by atoms with Gasteiger partial charge < -0.3 is 10.2 Å². The van der Waals surface area contributed by atoms with Crippen LogP contribution in [0.15, 0.2) is 42.5 Å². The minimum atomic E-state index is -1.22. The van der Waals surface area contributed by atoms with Gasteiger partial charge >= 0.3 is 11.9 Å². The predicted octanol–water partition coefficient (Wildman–Crippen LogP) is 4.87. The van der Waals surface area contributed by atoms with Crippen molar-refractivity contribution < 1.29 is 24.6 Å². The van der Waals surface area contributed by atoms with Gasteiger partial charge in [0.25, 0.3) is 0 Å². The quantitative estimate of drug-likeness (QED) is 0.687. The van der Waals surface area contributed by atoms with E-state index in [9.17, 15) is 14.4 Å². The zero-order valence-electron chi connectivity index (χ0n) is 17.7. The molecule has 30 heavy (non-hydrogen) atoms. The van der Waals surface area contributed by atoms with Crippen LogP contribution in [0.4, 0.5) is 11.4 Å². The van der Waals surface area contributed by atoms with Gasteiger partial charge in [0.05, 0.1) is 5.56 Å². The minimum Gasteiger partial charge on any atom is -0.481 e. The lowest BCUT2D eigenvalue weighted by Gasteiger charge is -2.42. The minimum absolute atomic E-state index is 0.0163. The molecule has 1 aliphatic carbocycles. The smallest absolute Gasteiger partial charge is 0.335 e. The van der Waals surface area contributed by atoms with E-state index in [-0.39, 0.29) is 16.4 Å². The van der Waals surface area contributed by atoms with Crippen LogP contribution in [-0.4, -0.2) is 28.1 Å². The monoisotopic (exact) mass is 409 g/mol. The number of carbonyl (C=O) groups is 3. The number of carboxylic acids is 2. The highest BCUT2D eigenvalue weighted by Crippen LogP contribution is 2.47. The van der Waals surface area contributed by atoms with Crippen LogP contribution in [0.1, 0.15) is 68.4 Å². The summed E-state index contributed by atoms with van der Waals surface area (Å²) in [5.74, 6) is -2.87. The summed E-state index contributed by atoms with van der Waals surface area (Å²) >= 11 is 0. The first-order valence-corrected chi connectivity index (χ1v) is 9.95. The van der Waals surface area contributed by atoms with E-state index in [0.29, 0.717) is 11.4 Å². The second-order valence-corrected chi connectivity index (χ2v) is 9.15. The highest BCUT2D eigenvalue weighted by molar-refractivity contribution is 6.07. The Morgan fingerprint density at radius 1 is 0.833 bits per heavy atom. The zero-order chi connectivity index (χ0) is 22.3. The fourth-order valence-electron chi connectivity index (χ4n) is 4.11. The van der Waals surface area contributed by atoms with Crippen molar-refractivity contribution in [3.63, 3.8) is 0 Å². The molecule has 1 aliphatic rings. The first kappa shape index (κ1) is 21.6. The molecule has 0 unspecified atom stereocenters. The molecule has 2 aromatic carbocycles. The predicted molar refractivity (Wildman–Crippen MR) is 115 cm³/mol. The molecule has 0 saturated heterocycles. The second kappa shape index (κ2) is 7.59. The summed E-state index contributed by atoms with van der Waals surface area (Å²) in [5.41, 5.74) is 3.42. The Hall–Kier alpha value is -3.15. The van der Waals surface area contributed by atoms with Gasteiger partial charge in [0.15, 0.2) is 0 Å². The van der Waals surface area contributed by atoms with Crippen molar-refractivity contribution in [2.75, 3.05) is 4.90 Å². The fourth-order valence-corrected chi connectivity index (χ4v) is 4.11. The Labute approximate surface area is 176 Å². The van der Waals surface area contributed by atoms with Crippen molar-refractivity contribution in [1.82, 2.24) is 0 Å². The average Bonchev–Trinajstić information content (AvgIpc) is 2.65. The molecule has 2 aromatic rings. The Bertz CT molecular complexity index is 1000. The molecular weight excluding hydrogens is 382 g/mol. The number of anilines is 2. The molecule has 6 nitrogen and oxygen atoms in total. The van der Waals surface area contributed by atoms with Crippen LogP contribution in [-0.2, 0) is 20.4 Å². The summed E-state index contributed by atoms with van der Waals surface area (Å²) in [6.07, 6.45) is 1.41. The molecule has 0 radical (unpaired) electrons. The lowest BCUT2D eigenvalue weighted by atomic mass is 9.63. The number of rotatable bonds is 5. The molecule has 0 spiro atoms. The third-order valence-corrected chi connectivity index (χ3v) is 6.02. The van der Waals surface area contributed by atoms with E-state index in [1.807, 2.05) is 18.2 Å². The molecule has 0 aliphatic heterocycles. The van der Waals surface area contributed by atoms with Gasteiger partial charge in [-0.15, -0.1) is 0 Å². The van der Waals surface area contributed by atoms with E-state index in [2.05, 4.69) is 27.7 Å². The van der Waals surface area contributed by atoms with Crippen molar-refractivity contribution in [1.29, 1.82) is 0 Å². The number of carboxylic acid groups (broad SMARTS) is 2. The van der Waals surface area contributed by atoms with Crippen molar-refractivity contribution >= 4 is 29.2 Å². The maximum absolute atomic E-state index is 12.9. The van der Waals surface area contributed by atoms with Gasteiger partial charge in [-0.1, -0.05) is 33.8 Å². The van der Waals surface area contributed by atoms with Gasteiger partial charge in [0, 0.05) is 11.4 Å². The lowest BCUT2D eigenvalue weighted by molar-refractivity contribution is -0.139. The van der Waals surface area contributed by atoms with Gasteiger partial charge in [0.2, 0.25) is 5.91 Å². The molecule has 158 valence electrons. The summed E-state index contributed by atoms with van der Waals surface area (Å²) in [5, 5.41) is 18.3. The lowest BCUT2D eigenvalue weighted by Crippen LogP contribution is -2.34. The molecule has 0 aromatic heterocycles. The number of benzene rings is 2. The van der Waals surface area contributed by atoms with Crippen LogP contribution < -0.4 is 4.90 Å². The van der Waals surface area contributed by atoms with Crippen LogP contribution in [0.2, 0.25) is 0 Å². The summed E-state index contributed by atoms with van der Waals surface area (Å²) in [7, 11) is 0. The van der Waals surface area contributed by atoms with E-state index in [1.165, 1.54) is 34.7 Å². The van der Waals surface area contributed by atoms with Gasteiger partial charge in [-0.3, -0.25) is 14.5 Å². The molecule has 0 atom stereocenters. The Balaban J connectivity index is 2.13. The largest absolute Gasteiger partial charge is 0.481 e. The summed E-state index contributed by atoms with van der Waals surface area (Å²) in [6.45, 7) is 8.77. The van der Waals surface area contributed by atoms with Crippen molar-refractivity contribution in [2.45, 2.75) is 57.8 Å². The van der Waals surface area contributed by atoms with Crippen molar-refractivity contribution in [3.8, 4) is 0 Å². The van der Waals surface area contributed by atoms with Crippen molar-refractivity contribution in [3.05, 3.63) is 59.2 Å². The first-order chi connectivity index (χ1) is 13.9. The molecule has 0 fully saturated rings. The Morgan fingerprint density at radius 3 is 1.90 bits per heavy atom. The number of aromatic carboxylic acids is 1. The molecule has 1 amide bonds. The van der Waals surface area contributed by atoms with E-state index in [0.717, 1.165) is 18.4 Å². The molecule has 0 heterocycles. The number of hydrogen-bond acceptors (Lipinski definition) is 3. The number of nitrogens with zero attached hydrogens (tertiary/aromatic N) is 1. The number of aliphatic carboxylic acids is 1. The number of fused-ring (bicyclic) bond motifs is 1. The molecule has 0 bridgehead atoms. The summed E-state index contributed by atoms with van der Waals surface area (Å²) in [4.78, 5) is 36.6. The highest BCUT2D eigenvalue weighted by Gasteiger charge is 2.37. The molecule has 2 N–H and O–H groups in total. The third kappa shape index (κ3) is 4.08. The van der Waals surface area contributed by atoms with E-state index in [1.54, 1.807) is 0 Å². The second-order valence-electron chi connectivity index (χ2n) is 9.15. The average molecular weight is 409 g/mol. The van der Waals surface area contributed by atoms with E-state index < -0.39 is 24.3 Å². The molecular formula is C24H27NO5. The van der Waals surface area contributed by atoms with Crippen LogP contribution in [0.25, 0.3) is 0 Å².